The molecular weight excluding hydrogens is 256 g/mol. The van der Waals surface area contributed by atoms with E-state index in [1.54, 1.807) is 0 Å². The van der Waals surface area contributed by atoms with Crippen LogP contribution in [0.3, 0.4) is 0 Å². The van der Waals surface area contributed by atoms with Gasteiger partial charge >= 0.3 is 0 Å². The molecule has 0 aromatic rings. The Kier molecular flexibility index (Phi) is 5.35. The van der Waals surface area contributed by atoms with Gasteiger partial charge in [0.05, 0.1) is 6.10 Å². The van der Waals surface area contributed by atoms with Crippen LogP contribution in [-0.2, 0) is 0 Å². The van der Waals surface area contributed by atoms with E-state index >= 15 is 0 Å². The minimum atomic E-state index is -0.198. The first-order valence-electron chi connectivity index (χ1n) is 8.84. The molecule has 2 rings (SSSR count). The predicted molar refractivity (Wildman–Crippen MR) is 91.1 cm³/mol. The smallest absolute Gasteiger partial charge is 0.0577 e. The monoisotopic (exact) mass is 290 g/mol. The van der Waals surface area contributed by atoms with Crippen molar-refractivity contribution >= 4 is 0 Å². The molecular formula is C20H34O. The fraction of sp³-hybridized carbons (Fsp3) is 0.800. The number of hydrogen-bond acceptors (Lipinski definition) is 1. The molecule has 0 radical (unpaired) electrons. The van der Waals surface area contributed by atoms with Gasteiger partial charge in [0.15, 0.2) is 0 Å². The highest BCUT2D eigenvalue weighted by Gasteiger charge is 2.50. The number of aliphatic hydroxyl groups is 1. The molecule has 0 aliphatic heterocycles. The highest BCUT2D eigenvalue weighted by molar-refractivity contribution is 5.15. The average Bonchev–Trinajstić information content (AvgIpc) is 2.74. The van der Waals surface area contributed by atoms with E-state index in [-0.39, 0.29) is 6.10 Å². The summed E-state index contributed by atoms with van der Waals surface area (Å²) in [6.45, 7) is 15.2. The lowest BCUT2D eigenvalue weighted by Gasteiger charge is -2.44. The van der Waals surface area contributed by atoms with Crippen LogP contribution in [0, 0.1) is 23.2 Å². The standard InChI is InChI=1S/C20H34O/c1-14(2)13-17(21)9-8-16(4)19-11-10-18-15(3)7-6-12-20(18,19)5/h16-19,21H,1,3,6-13H2,2,4-5H3/t16?,17?,18?,19-,20+/m1/s1. The first kappa shape index (κ1) is 16.8. The highest BCUT2D eigenvalue weighted by atomic mass is 16.3. The van der Waals surface area contributed by atoms with Gasteiger partial charge in [-0.25, -0.2) is 0 Å². The maximum absolute atomic E-state index is 10.1. The van der Waals surface area contributed by atoms with Crippen LogP contribution in [-0.4, -0.2) is 11.2 Å². The molecule has 0 bridgehead atoms. The summed E-state index contributed by atoms with van der Waals surface area (Å²) in [7, 11) is 0. The quantitative estimate of drug-likeness (QED) is 0.640. The normalized spacial score (nSPS) is 35.3. The van der Waals surface area contributed by atoms with Crippen LogP contribution in [0.1, 0.15) is 72.1 Å². The second-order valence-corrected chi connectivity index (χ2v) is 8.12. The zero-order chi connectivity index (χ0) is 15.6. The fourth-order valence-electron chi connectivity index (χ4n) is 5.26. The lowest BCUT2D eigenvalue weighted by molar-refractivity contribution is 0.0828. The van der Waals surface area contributed by atoms with Gasteiger partial charge in [-0.1, -0.05) is 31.6 Å². The fourth-order valence-corrected chi connectivity index (χ4v) is 5.26. The summed E-state index contributed by atoms with van der Waals surface area (Å²) >= 11 is 0. The van der Waals surface area contributed by atoms with Crippen molar-refractivity contribution in [2.75, 3.05) is 0 Å². The first-order valence-corrected chi connectivity index (χ1v) is 8.84. The molecule has 2 aliphatic carbocycles. The predicted octanol–water partition coefficient (Wildman–Crippen LogP) is 5.50. The largest absolute Gasteiger partial charge is 0.393 e. The molecule has 0 aromatic heterocycles. The Morgan fingerprint density at radius 2 is 2.10 bits per heavy atom. The zero-order valence-electron chi connectivity index (χ0n) is 14.3. The molecule has 1 N–H and O–H groups in total. The van der Waals surface area contributed by atoms with Gasteiger partial charge in [-0.15, -0.1) is 6.58 Å². The van der Waals surface area contributed by atoms with Gasteiger partial charge in [0.1, 0.15) is 0 Å². The Morgan fingerprint density at radius 3 is 2.76 bits per heavy atom. The topological polar surface area (TPSA) is 20.2 Å². The summed E-state index contributed by atoms with van der Waals surface area (Å²) in [5.41, 5.74) is 3.08. The van der Waals surface area contributed by atoms with E-state index in [2.05, 4.69) is 27.0 Å². The van der Waals surface area contributed by atoms with E-state index in [4.69, 9.17) is 0 Å². The van der Waals surface area contributed by atoms with Gasteiger partial charge in [-0.05, 0) is 81.5 Å². The third kappa shape index (κ3) is 3.62. The van der Waals surface area contributed by atoms with Gasteiger partial charge in [-0.2, -0.15) is 0 Å². The summed E-state index contributed by atoms with van der Waals surface area (Å²) in [5.74, 6) is 2.29. The number of hydrogen-bond donors (Lipinski definition) is 1. The van der Waals surface area contributed by atoms with Crippen LogP contribution in [0.4, 0.5) is 0 Å². The summed E-state index contributed by atoms with van der Waals surface area (Å²) in [4.78, 5) is 0. The maximum Gasteiger partial charge on any atom is 0.0577 e. The van der Waals surface area contributed by atoms with Crippen molar-refractivity contribution in [2.45, 2.75) is 78.2 Å². The molecule has 0 amide bonds. The molecule has 1 nitrogen and oxygen atoms in total. The van der Waals surface area contributed by atoms with Crippen LogP contribution in [0.15, 0.2) is 24.3 Å². The molecule has 120 valence electrons. The highest BCUT2D eigenvalue weighted by Crippen LogP contribution is 2.59. The molecule has 21 heavy (non-hydrogen) atoms. The van der Waals surface area contributed by atoms with E-state index < -0.39 is 0 Å². The lowest BCUT2D eigenvalue weighted by Crippen LogP contribution is -2.35. The number of aliphatic hydroxyl groups excluding tert-OH is 1. The van der Waals surface area contributed by atoms with E-state index in [9.17, 15) is 5.11 Å². The van der Waals surface area contributed by atoms with Crippen molar-refractivity contribution in [3.8, 4) is 0 Å². The van der Waals surface area contributed by atoms with E-state index in [0.717, 1.165) is 36.7 Å². The molecule has 2 saturated carbocycles. The molecule has 3 unspecified atom stereocenters. The maximum atomic E-state index is 10.1. The second-order valence-electron chi connectivity index (χ2n) is 8.12. The van der Waals surface area contributed by atoms with E-state index in [0.29, 0.717) is 11.3 Å². The lowest BCUT2D eigenvalue weighted by atomic mass is 9.61. The Labute approximate surface area is 131 Å². The molecule has 0 heterocycles. The van der Waals surface area contributed by atoms with Crippen molar-refractivity contribution in [2.24, 2.45) is 23.2 Å². The van der Waals surface area contributed by atoms with Crippen LogP contribution < -0.4 is 0 Å². The van der Waals surface area contributed by atoms with Gasteiger partial charge in [0.2, 0.25) is 0 Å². The summed E-state index contributed by atoms with van der Waals surface area (Å²) < 4.78 is 0. The third-order valence-corrected chi connectivity index (χ3v) is 6.34. The van der Waals surface area contributed by atoms with Crippen molar-refractivity contribution < 1.29 is 5.11 Å². The second kappa shape index (κ2) is 6.69. The molecule has 1 heteroatoms. The molecule has 5 atom stereocenters. The number of allylic oxidation sites excluding steroid dienone is 1. The Bertz CT molecular complexity index is 397. The first-order chi connectivity index (χ1) is 9.84. The van der Waals surface area contributed by atoms with Crippen molar-refractivity contribution in [1.29, 1.82) is 0 Å². The SMILES string of the molecule is C=C(C)CC(O)CCC(C)[C@H]1CCC2C(=C)CCC[C@@]21C. The molecule has 2 aliphatic rings. The summed E-state index contributed by atoms with van der Waals surface area (Å²) in [5, 5.41) is 10.1. The van der Waals surface area contributed by atoms with Crippen molar-refractivity contribution in [1.82, 2.24) is 0 Å². The summed E-state index contributed by atoms with van der Waals surface area (Å²) in [6.07, 6.45) is 9.29. The average molecular weight is 290 g/mol. The minimum Gasteiger partial charge on any atom is -0.393 e. The number of fused-ring (bicyclic) bond motifs is 1. The van der Waals surface area contributed by atoms with Crippen LogP contribution in [0.25, 0.3) is 0 Å². The van der Waals surface area contributed by atoms with Crippen LogP contribution >= 0.6 is 0 Å². The summed E-state index contributed by atoms with van der Waals surface area (Å²) in [6, 6.07) is 0. The Morgan fingerprint density at radius 1 is 1.38 bits per heavy atom. The van der Waals surface area contributed by atoms with Gasteiger partial charge in [-0.3, -0.25) is 0 Å². The Hall–Kier alpha value is -0.560. The van der Waals surface area contributed by atoms with Crippen molar-refractivity contribution in [3.05, 3.63) is 24.3 Å². The van der Waals surface area contributed by atoms with E-state index in [1.807, 2.05) is 6.92 Å². The van der Waals surface area contributed by atoms with Crippen molar-refractivity contribution in [3.63, 3.8) is 0 Å². The Balaban J connectivity index is 1.92. The molecule has 2 fully saturated rings. The van der Waals surface area contributed by atoms with Crippen LogP contribution in [0.2, 0.25) is 0 Å². The minimum absolute atomic E-state index is 0.198. The van der Waals surface area contributed by atoms with Gasteiger partial charge < -0.3 is 5.11 Å². The van der Waals surface area contributed by atoms with E-state index in [1.165, 1.54) is 37.7 Å². The van der Waals surface area contributed by atoms with Crippen LogP contribution in [0.5, 0.6) is 0 Å². The molecule has 0 spiro atoms. The zero-order valence-corrected chi connectivity index (χ0v) is 14.3. The number of rotatable bonds is 6. The third-order valence-electron chi connectivity index (χ3n) is 6.34. The van der Waals surface area contributed by atoms with Gasteiger partial charge in [0.25, 0.3) is 0 Å². The van der Waals surface area contributed by atoms with Gasteiger partial charge in [0, 0.05) is 0 Å². The molecule has 0 saturated heterocycles. The molecule has 0 aromatic carbocycles.